The zero-order valence-electron chi connectivity index (χ0n) is 14.1. The van der Waals surface area contributed by atoms with E-state index in [1.54, 1.807) is 20.8 Å². The van der Waals surface area contributed by atoms with Crippen molar-refractivity contribution in [1.29, 1.82) is 0 Å². The SMILES string of the molecule is CC(=O)C(C)CCC(=O)CCCCCCCOC(C)(C)O. The maximum Gasteiger partial charge on any atom is 0.159 e. The molecule has 1 N–H and O–H groups in total. The first-order chi connectivity index (χ1) is 9.72. The summed E-state index contributed by atoms with van der Waals surface area (Å²) in [5, 5.41) is 9.36. The van der Waals surface area contributed by atoms with E-state index in [-0.39, 0.29) is 17.5 Å². The van der Waals surface area contributed by atoms with Gasteiger partial charge in [-0.2, -0.15) is 0 Å². The molecule has 0 aliphatic rings. The number of carbonyl (C=O) groups excluding carboxylic acids is 2. The highest BCUT2D eigenvalue weighted by atomic mass is 16.6. The second kappa shape index (κ2) is 10.9. The van der Waals surface area contributed by atoms with Gasteiger partial charge in [0.1, 0.15) is 11.6 Å². The van der Waals surface area contributed by atoms with Crippen molar-refractivity contribution in [3.63, 3.8) is 0 Å². The number of unbranched alkanes of at least 4 members (excludes halogenated alkanes) is 4. The van der Waals surface area contributed by atoms with Crippen molar-refractivity contribution in [2.24, 2.45) is 5.92 Å². The van der Waals surface area contributed by atoms with Gasteiger partial charge in [-0.15, -0.1) is 0 Å². The number of carbonyl (C=O) groups is 2. The maximum absolute atomic E-state index is 11.7. The summed E-state index contributed by atoms with van der Waals surface area (Å²) in [6.07, 6.45) is 6.91. The predicted molar refractivity (Wildman–Crippen MR) is 84.0 cm³/mol. The number of aliphatic hydroxyl groups is 1. The second-order valence-electron chi connectivity index (χ2n) is 6.40. The van der Waals surface area contributed by atoms with E-state index in [1.807, 2.05) is 6.92 Å². The first kappa shape index (κ1) is 20.3. The van der Waals surface area contributed by atoms with Crippen molar-refractivity contribution in [1.82, 2.24) is 0 Å². The van der Waals surface area contributed by atoms with E-state index in [2.05, 4.69) is 0 Å². The van der Waals surface area contributed by atoms with Crippen LogP contribution in [0, 0.1) is 5.92 Å². The van der Waals surface area contributed by atoms with Gasteiger partial charge in [0.2, 0.25) is 0 Å². The van der Waals surface area contributed by atoms with Crippen LogP contribution in [0.5, 0.6) is 0 Å². The third kappa shape index (κ3) is 14.0. The molecular weight excluding hydrogens is 268 g/mol. The Morgan fingerprint density at radius 3 is 2.19 bits per heavy atom. The molecule has 0 aliphatic heterocycles. The lowest BCUT2D eigenvalue weighted by Crippen LogP contribution is -2.23. The molecule has 0 saturated carbocycles. The molecule has 0 bridgehead atoms. The molecule has 0 saturated heterocycles. The Hall–Kier alpha value is -0.740. The van der Waals surface area contributed by atoms with Gasteiger partial charge in [0, 0.05) is 25.4 Å². The van der Waals surface area contributed by atoms with Crippen molar-refractivity contribution < 1.29 is 19.4 Å². The van der Waals surface area contributed by atoms with Gasteiger partial charge in [-0.1, -0.05) is 26.2 Å². The molecule has 0 rings (SSSR count). The Morgan fingerprint density at radius 2 is 1.62 bits per heavy atom. The molecule has 1 atom stereocenters. The van der Waals surface area contributed by atoms with Crippen molar-refractivity contribution in [2.75, 3.05) is 6.61 Å². The lowest BCUT2D eigenvalue weighted by Gasteiger charge is -2.17. The Labute approximate surface area is 129 Å². The third-order valence-corrected chi connectivity index (χ3v) is 3.61. The highest BCUT2D eigenvalue weighted by Crippen LogP contribution is 2.12. The minimum Gasteiger partial charge on any atom is -0.366 e. The predicted octanol–water partition coefficient (Wildman–Crippen LogP) is 3.65. The van der Waals surface area contributed by atoms with E-state index in [1.165, 1.54) is 0 Å². The molecule has 0 aromatic rings. The zero-order chi connectivity index (χ0) is 16.3. The van der Waals surface area contributed by atoms with Crippen LogP contribution in [0.2, 0.25) is 0 Å². The van der Waals surface area contributed by atoms with Crippen LogP contribution in [0.15, 0.2) is 0 Å². The fourth-order valence-corrected chi connectivity index (χ4v) is 1.98. The highest BCUT2D eigenvalue weighted by Gasteiger charge is 2.11. The summed E-state index contributed by atoms with van der Waals surface area (Å²) in [4.78, 5) is 22.7. The topological polar surface area (TPSA) is 63.6 Å². The fraction of sp³-hybridized carbons (Fsp3) is 0.882. The molecule has 0 fully saturated rings. The highest BCUT2D eigenvalue weighted by molar-refractivity contribution is 5.81. The molecule has 0 amide bonds. The summed E-state index contributed by atoms with van der Waals surface area (Å²) in [7, 11) is 0. The fourth-order valence-electron chi connectivity index (χ4n) is 1.98. The molecule has 124 valence electrons. The van der Waals surface area contributed by atoms with E-state index < -0.39 is 5.79 Å². The number of rotatable bonds is 13. The smallest absolute Gasteiger partial charge is 0.159 e. The summed E-state index contributed by atoms with van der Waals surface area (Å²) < 4.78 is 5.22. The normalized spacial score (nSPS) is 13.2. The summed E-state index contributed by atoms with van der Waals surface area (Å²) >= 11 is 0. The van der Waals surface area contributed by atoms with Crippen LogP contribution in [0.25, 0.3) is 0 Å². The molecule has 1 unspecified atom stereocenters. The molecule has 4 nitrogen and oxygen atoms in total. The summed E-state index contributed by atoms with van der Waals surface area (Å²) in [5.41, 5.74) is 0. The minimum absolute atomic E-state index is 0.00438. The molecule has 0 spiro atoms. The zero-order valence-corrected chi connectivity index (χ0v) is 14.1. The van der Waals surface area contributed by atoms with E-state index in [4.69, 9.17) is 4.74 Å². The first-order valence-electron chi connectivity index (χ1n) is 8.11. The van der Waals surface area contributed by atoms with E-state index in [0.29, 0.717) is 25.9 Å². The molecular formula is C17H32O4. The van der Waals surface area contributed by atoms with Crippen LogP contribution in [-0.4, -0.2) is 29.1 Å². The van der Waals surface area contributed by atoms with Gasteiger partial charge in [0.15, 0.2) is 5.79 Å². The molecule has 0 aliphatic carbocycles. The van der Waals surface area contributed by atoms with Crippen molar-refractivity contribution in [2.45, 2.75) is 84.8 Å². The van der Waals surface area contributed by atoms with Crippen LogP contribution >= 0.6 is 0 Å². The van der Waals surface area contributed by atoms with E-state index >= 15 is 0 Å². The molecule has 0 radical (unpaired) electrons. The van der Waals surface area contributed by atoms with E-state index in [9.17, 15) is 14.7 Å². The lowest BCUT2D eigenvalue weighted by atomic mass is 9.98. The average molecular weight is 300 g/mol. The largest absolute Gasteiger partial charge is 0.366 e. The maximum atomic E-state index is 11.7. The number of hydrogen-bond acceptors (Lipinski definition) is 4. The van der Waals surface area contributed by atoms with Crippen LogP contribution in [0.3, 0.4) is 0 Å². The molecule has 4 heteroatoms. The summed E-state index contributed by atoms with van der Waals surface area (Å²) in [5.74, 6) is -0.599. The molecule has 0 aromatic heterocycles. The minimum atomic E-state index is -1.04. The van der Waals surface area contributed by atoms with Gasteiger partial charge < -0.3 is 9.84 Å². The van der Waals surface area contributed by atoms with Crippen LogP contribution in [-0.2, 0) is 14.3 Å². The Morgan fingerprint density at radius 1 is 1.05 bits per heavy atom. The monoisotopic (exact) mass is 300 g/mol. The van der Waals surface area contributed by atoms with Gasteiger partial charge in [0.25, 0.3) is 0 Å². The molecule has 0 heterocycles. The first-order valence-corrected chi connectivity index (χ1v) is 8.11. The Kier molecular flexibility index (Phi) is 10.5. The van der Waals surface area contributed by atoms with Gasteiger partial charge in [-0.05, 0) is 40.0 Å². The molecule has 21 heavy (non-hydrogen) atoms. The van der Waals surface area contributed by atoms with Crippen LogP contribution in [0.4, 0.5) is 0 Å². The van der Waals surface area contributed by atoms with Gasteiger partial charge in [0.05, 0.1) is 0 Å². The summed E-state index contributed by atoms with van der Waals surface area (Å²) in [6.45, 7) is 7.30. The number of ether oxygens (including phenoxy) is 1. The van der Waals surface area contributed by atoms with Gasteiger partial charge in [-0.3, -0.25) is 9.59 Å². The number of hydrogen-bond donors (Lipinski definition) is 1. The third-order valence-electron chi connectivity index (χ3n) is 3.61. The second-order valence-corrected chi connectivity index (χ2v) is 6.40. The standard InChI is InChI=1S/C17H32O4/c1-14(15(2)18)11-12-16(19)10-8-6-5-7-9-13-21-17(3,4)20/h14,20H,5-13H2,1-4H3. The van der Waals surface area contributed by atoms with Crippen molar-refractivity contribution in [3.8, 4) is 0 Å². The number of Topliss-reactive ketones (excluding diaryl/α,β-unsaturated/α-hetero) is 2. The van der Waals surface area contributed by atoms with Gasteiger partial charge >= 0.3 is 0 Å². The number of ketones is 2. The Bertz CT molecular complexity index is 304. The average Bonchev–Trinajstić information content (AvgIpc) is 2.37. The van der Waals surface area contributed by atoms with Crippen LogP contribution < -0.4 is 0 Å². The lowest BCUT2D eigenvalue weighted by molar-refractivity contribution is -0.176. The summed E-state index contributed by atoms with van der Waals surface area (Å²) in [6, 6.07) is 0. The van der Waals surface area contributed by atoms with E-state index in [0.717, 1.165) is 32.1 Å². The quantitative estimate of drug-likeness (QED) is 0.416. The Balaban J connectivity index is 3.39. The van der Waals surface area contributed by atoms with Gasteiger partial charge in [-0.25, -0.2) is 0 Å². The van der Waals surface area contributed by atoms with Crippen molar-refractivity contribution in [3.05, 3.63) is 0 Å². The molecule has 0 aromatic carbocycles. The van der Waals surface area contributed by atoms with Crippen LogP contribution in [0.1, 0.15) is 79.1 Å². The van der Waals surface area contributed by atoms with Crippen molar-refractivity contribution >= 4 is 11.6 Å².